The van der Waals surface area contributed by atoms with Crippen LogP contribution in [0.5, 0.6) is 5.75 Å². The lowest BCUT2D eigenvalue weighted by atomic mass is 9.94. The molecule has 2 aliphatic rings. The third-order valence-corrected chi connectivity index (χ3v) is 5.09. The number of hydrazine groups is 1. The standard InChI is InChI=1S/C20H28N2O4/c1-3-18-16(2)22(26-15-23)21(20(18)19-11-7-8-13-25-19)12-14-24-17-9-5-4-6-10-17/h4-6,9-10,15,19-20H,3,7-8,11-14H2,1-2H3. The second-order valence-corrected chi connectivity index (χ2v) is 6.61. The van der Waals surface area contributed by atoms with Crippen LogP contribution >= 0.6 is 0 Å². The summed E-state index contributed by atoms with van der Waals surface area (Å²) in [5.41, 5.74) is 2.23. The van der Waals surface area contributed by atoms with Crippen molar-refractivity contribution in [1.82, 2.24) is 10.2 Å². The zero-order chi connectivity index (χ0) is 18.4. The number of hydrogen-bond acceptors (Lipinski definition) is 6. The highest BCUT2D eigenvalue weighted by molar-refractivity contribution is 5.37. The van der Waals surface area contributed by atoms with Gasteiger partial charge in [-0.25, -0.2) is 0 Å². The Morgan fingerprint density at radius 3 is 2.73 bits per heavy atom. The van der Waals surface area contributed by atoms with Crippen molar-refractivity contribution in [2.75, 3.05) is 19.8 Å². The van der Waals surface area contributed by atoms with Crippen LogP contribution in [0.15, 0.2) is 41.6 Å². The van der Waals surface area contributed by atoms with Crippen molar-refractivity contribution in [3.8, 4) is 5.75 Å². The van der Waals surface area contributed by atoms with Gasteiger partial charge in [0.15, 0.2) is 0 Å². The number of benzene rings is 1. The first-order chi connectivity index (χ1) is 12.8. The van der Waals surface area contributed by atoms with Gasteiger partial charge < -0.3 is 14.3 Å². The third-order valence-electron chi connectivity index (χ3n) is 5.09. The highest BCUT2D eigenvalue weighted by atomic mass is 16.7. The molecule has 2 atom stereocenters. The number of carbonyl (C=O) groups is 1. The van der Waals surface area contributed by atoms with Gasteiger partial charge in [-0.3, -0.25) is 4.79 Å². The molecule has 0 saturated carbocycles. The Kier molecular flexibility index (Phi) is 6.52. The Bertz CT molecular complexity index is 613. The monoisotopic (exact) mass is 360 g/mol. The molecule has 0 aromatic heterocycles. The van der Waals surface area contributed by atoms with Gasteiger partial charge in [0.25, 0.3) is 0 Å². The molecule has 0 amide bonds. The number of rotatable bonds is 8. The lowest BCUT2D eigenvalue weighted by molar-refractivity contribution is -0.244. The number of hydroxylamine groups is 1. The summed E-state index contributed by atoms with van der Waals surface area (Å²) in [4.78, 5) is 16.3. The second kappa shape index (κ2) is 9.05. The molecule has 0 spiro atoms. The Labute approximate surface area is 155 Å². The quantitative estimate of drug-likeness (QED) is 0.663. The van der Waals surface area contributed by atoms with E-state index in [0.717, 1.165) is 37.3 Å². The van der Waals surface area contributed by atoms with Crippen LogP contribution in [0.3, 0.4) is 0 Å². The molecule has 26 heavy (non-hydrogen) atoms. The summed E-state index contributed by atoms with van der Waals surface area (Å²) in [7, 11) is 0. The van der Waals surface area contributed by atoms with E-state index in [2.05, 4.69) is 11.9 Å². The Balaban J connectivity index is 1.74. The van der Waals surface area contributed by atoms with Gasteiger partial charge in [-0.1, -0.05) is 25.1 Å². The summed E-state index contributed by atoms with van der Waals surface area (Å²) in [6, 6.07) is 9.82. The van der Waals surface area contributed by atoms with Crippen molar-refractivity contribution in [2.45, 2.75) is 51.7 Å². The average Bonchev–Trinajstić information content (AvgIpc) is 2.95. The lowest BCUT2D eigenvalue weighted by Crippen LogP contribution is -2.50. The van der Waals surface area contributed by atoms with Gasteiger partial charge in [0.2, 0.25) is 0 Å². The summed E-state index contributed by atoms with van der Waals surface area (Å²) < 4.78 is 11.9. The van der Waals surface area contributed by atoms with Crippen LogP contribution < -0.4 is 4.74 Å². The van der Waals surface area contributed by atoms with E-state index < -0.39 is 0 Å². The highest BCUT2D eigenvalue weighted by Crippen LogP contribution is 2.36. The van der Waals surface area contributed by atoms with E-state index in [1.54, 1.807) is 5.17 Å². The van der Waals surface area contributed by atoms with Gasteiger partial charge in [-0.2, -0.15) is 5.01 Å². The number of para-hydroxylation sites is 1. The van der Waals surface area contributed by atoms with Crippen molar-refractivity contribution in [3.63, 3.8) is 0 Å². The highest BCUT2D eigenvalue weighted by Gasteiger charge is 2.42. The molecule has 0 bridgehead atoms. The number of allylic oxidation sites excluding steroid dienone is 1. The molecule has 1 saturated heterocycles. The maximum atomic E-state index is 11.0. The van der Waals surface area contributed by atoms with E-state index in [0.29, 0.717) is 19.6 Å². The lowest BCUT2D eigenvalue weighted by Gasteiger charge is -2.37. The molecule has 1 fully saturated rings. The van der Waals surface area contributed by atoms with Crippen LogP contribution in [0.25, 0.3) is 0 Å². The van der Waals surface area contributed by atoms with Crippen LogP contribution in [0.4, 0.5) is 0 Å². The van der Waals surface area contributed by atoms with E-state index in [1.165, 1.54) is 12.0 Å². The van der Waals surface area contributed by atoms with Crippen molar-refractivity contribution < 1.29 is 19.1 Å². The van der Waals surface area contributed by atoms with E-state index in [9.17, 15) is 4.79 Å². The van der Waals surface area contributed by atoms with Crippen molar-refractivity contribution in [2.24, 2.45) is 0 Å². The largest absolute Gasteiger partial charge is 0.492 e. The van der Waals surface area contributed by atoms with Crippen molar-refractivity contribution >= 4 is 6.47 Å². The fraction of sp³-hybridized carbons (Fsp3) is 0.550. The summed E-state index contributed by atoms with van der Waals surface area (Å²) >= 11 is 0. The molecular weight excluding hydrogens is 332 g/mol. The fourth-order valence-electron chi connectivity index (χ4n) is 3.90. The maximum absolute atomic E-state index is 11.0. The summed E-state index contributed by atoms with van der Waals surface area (Å²) in [5, 5.41) is 3.68. The third kappa shape index (κ3) is 4.02. The minimum Gasteiger partial charge on any atom is -0.492 e. The molecular formula is C20H28N2O4. The maximum Gasteiger partial charge on any atom is 0.322 e. The first-order valence-corrected chi connectivity index (χ1v) is 9.42. The van der Waals surface area contributed by atoms with Gasteiger partial charge in [0.1, 0.15) is 12.4 Å². The molecule has 2 unspecified atom stereocenters. The van der Waals surface area contributed by atoms with Crippen LogP contribution in [0.2, 0.25) is 0 Å². The minimum absolute atomic E-state index is 0.0830. The van der Waals surface area contributed by atoms with Gasteiger partial charge in [-0.15, -0.1) is 5.17 Å². The Hall–Kier alpha value is -2.05. The minimum atomic E-state index is 0.0830. The fourth-order valence-corrected chi connectivity index (χ4v) is 3.90. The summed E-state index contributed by atoms with van der Waals surface area (Å²) in [6.45, 7) is 6.50. The van der Waals surface area contributed by atoms with Crippen molar-refractivity contribution in [1.29, 1.82) is 0 Å². The van der Waals surface area contributed by atoms with Crippen molar-refractivity contribution in [3.05, 3.63) is 41.6 Å². The van der Waals surface area contributed by atoms with E-state index in [-0.39, 0.29) is 12.1 Å². The molecule has 6 nitrogen and oxygen atoms in total. The van der Waals surface area contributed by atoms with Gasteiger partial charge in [0.05, 0.1) is 24.4 Å². The normalized spacial score (nSPS) is 24.0. The second-order valence-electron chi connectivity index (χ2n) is 6.61. The van der Waals surface area contributed by atoms with Crippen LogP contribution in [-0.2, 0) is 14.4 Å². The zero-order valence-corrected chi connectivity index (χ0v) is 15.6. The molecule has 142 valence electrons. The SMILES string of the molecule is CCC1=C(C)N(OC=O)N(CCOc2ccccc2)C1C1CCCCO1. The number of ether oxygens (including phenoxy) is 2. The summed E-state index contributed by atoms with van der Waals surface area (Å²) in [5.74, 6) is 0.834. The van der Waals surface area contributed by atoms with Crippen LogP contribution in [0, 0.1) is 0 Å². The molecule has 1 aromatic carbocycles. The van der Waals surface area contributed by atoms with Crippen LogP contribution in [-0.4, -0.2) is 48.6 Å². The number of nitrogens with zero attached hydrogens (tertiary/aromatic N) is 2. The molecule has 0 aliphatic carbocycles. The van der Waals surface area contributed by atoms with Gasteiger partial charge in [0, 0.05) is 6.61 Å². The van der Waals surface area contributed by atoms with E-state index >= 15 is 0 Å². The van der Waals surface area contributed by atoms with E-state index in [4.69, 9.17) is 14.3 Å². The Morgan fingerprint density at radius 1 is 1.27 bits per heavy atom. The molecule has 2 heterocycles. The smallest absolute Gasteiger partial charge is 0.322 e. The molecule has 6 heteroatoms. The predicted molar refractivity (Wildman–Crippen MR) is 98.0 cm³/mol. The van der Waals surface area contributed by atoms with Crippen LogP contribution in [0.1, 0.15) is 39.5 Å². The zero-order valence-electron chi connectivity index (χ0n) is 15.6. The molecule has 0 N–H and O–H groups in total. The van der Waals surface area contributed by atoms with Gasteiger partial charge in [-0.05, 0) is 50.3 Å². The number of carbonyl (C=O) groups excluding carboxylic acids is 1. The number of hydrogen-bond donors (Lipinski definition) is 0. The average molecular weight is 360 g/mol. The topological polar surface area (TPSA) is 51.2 Å². The van der Waals surface area contributed by atoms with E-state index in [1.807, 2.05) is 37.3 Å². The first-order valence-electron chi connectivity index (χ1n) is 9.42. The first kappa shape index (κ1) is 18.7. The molecule has 2 aliphatic heterocycles. The van der Waals surface area contributed by atoms with Gasteiger partial charge >= 0.3 is 6.47 Å². The summed E-state index contributed by atoms with van der Waals surface area (Å²) in [6.07, 6.45) is 4.31. The Morgan fingerprint density at radius 2 is 2.08 bits per heavy atom. The molecule has 3 rings (SSSR count). The molecule has 0 radical (unpaired) electrons. The molecule has 1 aromatic rings. The predicted octanol–water partition coefficient (Wildman–Crippen LogP) is 3.31.